The van der Waals surface area contributed by atoms with Gasteiger partial charge < -0.3 is 15.0 Å². The number of likely N-dealkylation sites (tertiary alicyclic amines) is 1. The van der Waals surface area contributed by atoms with E-state index in [2.05, 4.69) is 4.98 Å². The van der Waals surface area contributed by atoms with Gasteiger partial charge in [0.1, 0.15) is 0 Å². The second-order valence-electron chi connectivity index (χ2n) is 6.01. The molecular formula is C17H20N2O3. The molecule has 1 saturated heterocycles. The molecule has 0 spiro atoms. The smallest absolute Gasteiger partial charge is 0.308 e. The van der Waals surface area contributed by atoms with Gasteiger partial charge in [-0.3, -0.25) is 9.59 Å². The van der Waals surface area contributed by atoms with Gasteiger partial charge in [-0.1, -0.05) is 18.2 Å². The van der Waals surface area contributed by atoms with Gasteiger partial charge in [-0.05, 0) is 30.9 Å². The van der Waals surface area contributed by atoms with E-state index in [-0.39, 0.29) is 5.91 Å². The summed E-state index contributed by atoms with van der Waals surface area (Å²) in [4.78, 5) is 28.5. The molecule has 0 saturated carbocycles. The Kier molecular flexibility index (Phi) is 3.88. The molecule has 1 amide bonds. The number of carbonyl (C=O) groups is 2. The summed E-state index contributed by atoms with van der Waals surface area (Å²) in [6.07, 6.45) is 3.62. The number of benzene rings is 1. The van der Waals surface area contributed by atoms with Crippen LogP contribution >= 0.6 is 0 Å². The molecular weight excluding hydrogens is 280 g/mol. The number of aryl methyl sites for hydroxylation is 1. The third-order valence-electron chi connectivity index (χ3n) is 4.47. The number of aliphatic carboxylic acids is 1. The van der Waals surface area contributed by atoms with Crippen LogP contribution in [0, 0.1) is 12.8 Å². The lowest BCUT2D eigenvalue weighted by atomic mass is 9.97. The van der Waals surface area contributed by atoms with Crippen molar-refractivity contribution in [1.82, 2.24) is 9.88 Å². The molecule has 5 heteroatoms. The summed E-state index contributed by atoms with van der Waals surface area (Å²) in [5.41, 5.74) is 3.19. The van der Waals surface area contributed by atoms with E-state index < -0.39 is 11.9 Å². The van der Waals surface area contributed by atoms with Gasteiger partial charge in [0.15, 0.2) is 0 Å². The van der Waals surface area contributed by atoms with Crippen LogP contribution in [0.4, 0.5) is 0 Å². The maximum absolute atomic E-state index is 12.5. The first kappa shape index (κ1) is 14.6. The fourth-order valence-corrected chi connectivity index (χ4v) is 3.19. The van der Waals surface area contributed by atoms with E-state index in [0.717, 1.165) is 28.5 Å². The summed E-state index contributed by atoms with van der Waals surface area (Å²) in [5, 5.41) is 10.2. The molecule has 3 rings (SSSR count). The highest BCUT2D eigenvalue weighted by Crippen LogP contribution is 2.23. The lowest BCUT2D eigenvalue weighted by Gasteiger charge is -2.30. The number of H-pyrrole nitrogens is 1. The van der Waals surface area contributed by atoms with Crippen LogP contribution in [-0.4, -0.2) is 40.0 Å². The van der Waals surface area contributed by atoms with Crippen LogP contribution in [0.2, 0.25) is 0 Å². The van der Waals surface area contributed by atoms with Gasteiger partial charge in [-0.15, -0.1) is 0 Å². The second-order valence-corrected chi connectivity index (χ2v) is 6.01. The fraction of sp³-hybridized carbons (Fsp3) is 0.412. The Morgan fingerprint density at radius 2 is 2.23 bits per heavy atom. The van der Waals surface area contributed by atoms with Gasteiger partial charge in [0.2, 0.25) is 5.91 Å². The Morgan fingerprint density at radius 1 is 1.41 bits per heavy atom. The van der Waals surface area contributed by atoms with Gasteiger partial charge in [0.25, 0.3) is 0 Å². The van der Waals surface area contributed by atoms with E-state index in [1.54, 1.807) is 4.90 Å². The van der Waals surface area contributed by atoms with Gasteiger partial charge in [0, 0.05) is 30.2 Å². The van der Waals surface area contributed by atoms with Crippen LogP contribution in [0.1, 0.15) is 24.0 Å². The van der Waals surface area contributed by atoms with Gasteiger partial charge in [-0.25, -0.2) is 0 Å². The van der Waals surface area contributed by atoms with Crippen LogP contribution in [0.3, 0.4) is 0 Å². The molecule has 2 N–H and O–H groups in total. The fourth-order valence-electron chi connectivity index (χ4n) is 3.19. The molecule has 1 aliphatic heterocycles. The van der Waals surface area contributed by atoms with Crippen molar-refractivity contribution in [1.29, 1.82) is 0 Å². The van der Waals surface area contributed by atoms with Crippen LogP contribution in [0.15, 0.2) is 24.4 Å². The number of carboxylic acid groups (broad SMARTS) is 1. The number of nitrogens with zero attached hydrogens (tertiary/aromatic N) is 1. The minimum Gasteiger partial charge on any atom is -0.481 e. The van der Waals surface area contributed by atoms with Crippen molar-refractivity contribution in [3.8, 4) is 0 Å². The number of para-hydroxylation sites is 1. The molecule has 2 aromatic rings. The average Bonchev–Trinajstić information content (AvgIpc) is 2.92. The summed E-state index contributed by atoms with van der Waals surface area (Å²) in [7, 11) is 0. The Morgan fingerprint density at radius 3 is 3.00 bits per heavy atom. The standard InChI is InChI=1S/C17H20N2O3/c1-11-4-2-6-14-13(9-18-16(11)14)8-15(20)19-7-3-5-12(10-19)17(21)22/h2,4,6,9,12,18H,3,5,7-8,10H2,1H3,(H,21,22)/t12-/m0/s1. The summed E-state index contributed by atoms with van der Waals surface area (Å²) in [6, 6.07) is 6.03. The van der Waals surface area contributed by atoms with Crippen LogP contribution in [-0.2, 0) is 16.0 Å². The number of amides is 1. The highest BCUT2D eigenvalue weighted by atomic mass is 16.4. The Balaban J connectivity index is 1.76. The van der Waals surface area contributed by atoms with Crippen molar-refractivity contribution in [2.75, 3.05) is 13.1 Å². The number of hydrogen-bond donors (Lipinski definition) is 2. The number of aromatic nitrogens is 1. The monoisotopic (exact) mass is 300 g/mol. The number of carboxylic acids is 1. The van der Waals surface area contributed by atoms with Crippen LogP contribution in [0.5, 0.6) is 0 Å². The summed E-state index contributed by atoms with van der Waals surface area (Å²) in [5.74, 6) is -1.23. The van der Waals surface area contributed by atoms with Crippen molar-refractivity contribution >= 4 is 22.8 Å². The second kappa shape index (κ2) is 5.83. The number of rotatable bonds is 3. The molecule has 22 heavy (non-hydrogen) atoms. The number of carbonyl (C=O) groups excluding carboxylic acids is 1. The molecule has 5 nitrogen and oxygen atoms in total. The first-order valence-electron chi connectivity index (χ1n) is 7.62. The number of hydrogen-bond acceptors (Lipinski definition) is 2. The quantitative estimate of drug-likeness (QED) is 0.913. The van der Waals surface area contributed by atoms with Crippen molar-refractivity contribution in [2.45, 2.75) is 26.2 Å². The molecule has 116 valence electrons. The summed E-state index contributed by atoms with van der Waals surface area (Å²) >= 11 is 0. The topological polar surface area (TPSA) is 73.4 Å². The zero-order valence-corrected chi connectivity index (χ0v) is 12.6. The Labute approximate surface area is 128 Å². The van der Waals surface area contributed by atoms with Crippen LogP contribution < -0.4 is 0 Å². The van der Waals surface area contributed by atoms with Gasteiger partial charge in [-0.2, -0.15) is 0 Å². The highest BCUT2D eigenvalue weighted by Gasteiger charge is 2.28. The molecule has 0 radical (unpaired) electrons. The van der Waals surface area contributed by atoms with Crippen molar-refractivity contribution < 1.29 is 14.7 Å². The van der Waals surface area contributed by atoms with Gasteiger partial charge in [0.05, 0.1) is 12.3 Å². The largest absolute Gasteiger partial charge is 0.481 e. The Hall–Kier alpha value is -2.30. The van der Waals surface area contributed by atoms with E-state index in [4.69, 9.17) is 5.11 Å². The molecule has 1 aromatic heterocycles. The minimum atomic E-state index is -0.805. The van der Waals surface area contributed by atoms with E-state index in [0.29, 0.717) is 25.9 Å². The third kappa shape index (κ3) is 2.71. The highest BCUT2D eigenvalue weighted by molar-refractivity contribution is 5.90. The zero-order chi connectivity index (χ0) is 15.7. The molecule has 1 aromatic carbocycles. The zero-order valence-electron chi connectivity index (χ0n) is 12.6. The lowest BCUT2D eigenvalue weighted by molar-refractivity contribution is -0.145. The predicted octanol–water partition coefficient (Wildman–Crippen LogP) is 2.34. The molecule has 0 unspecified atom stereocenters. The number of piperidine rings is 1. The first-order valence-corrected chi connectivity index (χ1v) is 7.62. The van der Waals surface area contributed by atoms with Crippen molar-refractivity contribution in [2.24, 2.45) is 5.92 Å². The average molecular weight is 300 g/mol. The van der Waals surface area contributed by atoms with Crippen molar-refractivity contribution in [3.63, 3.8) is 0 Å². The van der Waals surface area contributed by atoms with Crippen molar-refractivity contribution in [3.05, 3.63) is 35.5 Å². The molecule has 0 aliphatic carbocycles. The first-order chi connectivity index (χ1) is 10.6. The Bertz CT molecular complexity index is 720. The number of aromatic amines is 1. The number of nitrogens with one attached hydrogen (secondary N) is 1. The van der Waals surface area contributed by atoms with E-state index >= 15 is 0 Å². The van der Waals surface area contributed by atoms with Crippen LogP contribution in [0.25, 0.3) is 10.9 Å². The van der Waals surface area contributed by atoms with E-state index in [1.165, 1.54) is 0 Å². The summed E-state index contributed by atoms with van der Waals surface area (Å²) < 4.78 is 0. The summed E-state index contributed by atoms with van der Waals surface area (Å²) in [6.45, 7) is 3.02. The van der Waals surface area contributed by atoms with Gasteiger partial charge >= 0.3 is 5.97 Å². The number of fused-ring (bicyclic) bond motifs is 1. The molecule has 1 aliphatic rings. The van der Waals surface area contributed by atoms with E-state index in [9.17, 15) is 9.59 Å². The maximum Gasteiger partial charge on any atom is 0.308 e. The third-order valence-corrected chi connectivity index (χ3v) is 4.47. The normalized spacial score (nSPS) is 18.6. The lowest BCUT2D eigenvalue weighted by Crippen LogP contribution is -2.42. The van der Waals surface area contributed by atoms with E-state index in [1.807, 2.05) is 31.3 Å². The SMILES string of the molecule is Cc1cccc2c(CC(=O)N3CCC[C@H](C(=O)O)C3)c[nH]c12. The molecule has 0 bridgehead atoms. The molecule has 1 fully saturated rings. The minimum absolute atomic E-state index is 0.00774. The maximum atomic E-state index is 12.5. The molecule has 1 atom stereocenters. The molecule has 2 heterocycles. The predicted molar refractivity (Wildman–Crippen MR) is 83.7 cm³/mol.